The summed E-state index contributed by atoms with van der Waals surface area (Å²) < 4.78 is 0. The Balaban J connectivity index is 1.70. The number of fused-ring (bicyclic) bond motifs is 2. The molecule has 1 aliphatic rings. The van der Waals surface area contributed by atoms with E-state index in [0.29, 0.717) is 5.57 Å². The largest absolute Gasteiger partial charge is 0.321 e. The summed E-state index contributed by atoms with van der Waals surface area (Å²) in [5.41, 5.74) is 4.83. The Hall–Kier alpha value is -3.65. The lowest BCUT2D eigenvalue weighted by molar-refractivity contribution is -0.115. The van der Waals surface area contributed by atoms with E-state index in [4.69, 9.17) is 0 Å². The molecule has 0 spiro atoms. The number of hydrogen-bond donors (Lipinski definition) is 1. The van der Waals surface area contributed by atoms with Gasteiger partial charge in [0.05, 0.1) is 0 Å². The molecule has 0 aliphatic carbocycles. The fourth-order valence-corrected chi connectivity index (χ4v) is 3.81. The van der Waals surface area contributed by atoms with Gasteiger partial charge in [-0.2, -0.15) is 0 Å². The van der Waals surface area contributed by atoms with Crippen molar-refractivity contribution in [1.82, 2.24) is 5.32 Å². The van der Waals surface area contributed by atoms with Gasteiger partial charge in [0.2, 0.25) is 0 Å². The van der Waals surface area contributed by atoms with Gasteiger partial charge in [-0.25, -0.2) is 0 Å². The summed E-state index contributed by atoms with van der Waals surface area (Å²) in [6.07, 6.45) is 3.96. The Morgan fingerprint density at radius 2 is 1.39 bits per heavy atom. The lowest BCUT2D eigenvalue weighted by Crippen LogP contribution is -2.15. The van der Waals surface area contributed by atoms with E-state index in [0.717, 1.165) is 27.6 Å². The Bertz CT molecular complexity index is 1240. The van der Waals surface area contributed by atoms with E-state index in [1.807, 2.05) is 48.6 Å². The van der Waals surface area contributed by atoms with Crippen LogP contribution in [0.1, 0.15) is 16.7 Å². The molecule has 0 bridgehead atoms. The van der Waals surface area contributed by atoms with Crippen molar-refractivity contribution < 1.29 is 4.79 Å². The third-order valence-corrected chi connectivity index (χ3v) is 5.29. The summed E-state index contributed by atoms with van der Waals surface area (Å²) >= 11 is 0. The molecule has 28 heavy (non-hydrogen) atoms. The van der Waals surface area contributed by atoms with Crippen molar-refractivity contribution in [2.24, 2.45) is 0 Å². The average molecular weight is 361 g/mol. The van der Waals surface area contributed by atoms with E-state index < -0.39 is 0 Å². The topological polar surface area (TPSA) is 29.1 Å². The second kappa shape index (κ2) is 6.50. The molecule has 0 unspecified atom stereocenters. The highest BCUT2D eigenvalue weighted by molar-refractivity contribution is 6.14. The molecule has 0 fully saturated rings. The van der Waals surface area contributed by atoms with Gasteiger partial charge in [-0.3, -0.25) is 4.79 Å². The second-order valence-electron chi connectivity index (χ2n) is 7.21. The van der Waals surface area contributed by atoms with E-state index >= 15 is 0 Å². The number of nitrogens with one attached hydrogen (secondary N) is 1. The van der Waals surface area contributed by atoms with E-state index in [-0.39, 0.29) is 5.91 Å². The summed E-state index contributed by atoms with van der Waals surface area (Å²) in [7, 11) is 0. The number of hydrogen-bond acceptors (Lipinski definition) is 1. The van der Waals surface area contributed by atoms with Gasteiger partial charge in [-0.05, 0) is 57.8 Å². The van der Waals surface area contributed by atoms with Crippen molar-refractivity contribution in [3.05, 3.63) is 107 Å². The van der Waals surface area contributed by atoms with Crippen LogP contribution in [0.3, 0.4) is 0 Å². The normalized spacial score (nSPS) is 15.2. The van der Waals surface area contributed by atoms with Gasteiger partial charge < -0.3 is 5.32 Å². The average Bonchev–Trinajstić information content (AvgIpc) is 3.08. The zero-order chi connectivity index (χ0) is 19.1. The number of carbonyl (C=O) groups is 1. The van der Waals surface area contributed by atoms with Crippen LogP contribution in [0.2, 0.25) is 0 Å². The number of carbonyl (C=O) groups excluding carboxylic acids is 1. The number of benzene rings is 4. The van der Waals surface area contributed by atoms with E-state index in [1.165, 1.54) is 16.3 Å². The maximum absolute atomic E-state index is 12.7. The van der Waals surface area contributed by atoms with Gasteiger partial charge in [0, 0.05) is 11.3 Å². The van der Waals surface area contributed by atoms with Crippen molar-refractivity contribution in [2.45, 2.75) is 6.92 Å². The molecule has 2 heteroatoms. The molecule has 1 N–H and O–H groups in total. The van der Waals surface area contributed by atoms with Crippen LogP contribution >= 0.6 is 0 Å². The molecule has 5 rings (SSSR count). The third-order valence-electron chi connectivity index (χ3n) is 5.29. The highest BCUT2D eigenvalue weighted by Crippen LogP contribution is 2.32. The predicted octanol–water partition coefficient (Wildman–Crippen LogP) is 5.86. The smallest absolute Gasteiger partial charge is 0.255 e. The Morgan fingerprint density at radius 1 is 0.786 bits per heavy atom. The fraction of sp³-hybridized carbons (Fsp3) is 0.0385. The Morgan fingerprint density at radius 3 is 2.04 bits per heavy atom. The van der Waals surface area contributed by atoms with Gasteiger partial charge in [0.15, 0.2) is 0 Å². The predicted molar refractivity (Wildman–Crippen MR) is 117 cm³/mol. The molecule has 0 atom stereocenters. The molecule has 0 aromatic heterocycles. The molecular formula is C26H19NO. The van der Waals surface area contributed by atoms with Crippen molar-refractivity contribution in [3.8, 4) is 0 Å². The van der Waals surface area contributed by atoms with Gasteiger partial charge >= 0.3 is 0 Å². The molecule has 1 aliphatic heterocycles. The van der Waals surface area contributed by atoms with Crippen LogP contribution in [0.5, 0.6) is 0 Å². The van der Waals surface area contributed by atoms with Crippen LogP contribution in [0.15, 0.2) is 90.5 Å². The first kappa shape index (κ1) is 16.5. The SMILES string of the molecule is Cc1ccc(C2=C/C(=C\c3c4ccccc4cc4ccccc34)C(=O)N2)cc1. The molecule has 0 saturated heterocycles. The molecule has 4 aromatic rings. The minimum atomic E-state index is -0.0624. The zero-order valence-corrected chi connectivity index (χ0v) is 15.6. The molecule has 1 heterocycles. The van der Waals surface area contributed by atoms with Gasteiger partial charge in [0.25, 0.3) is 5.91 Å². The van der Waals surface area contributed by atoms with E-state index in [9.17, 15) is 4.79 Å². The highest BCUT2D eigenvalue weighted by Gasteiger charge is 2.19. The minimum absolute atomic E-state index is 0.0624. The van der Waals surface area contributed by atoms with Crippen LogP contribution < -0.4 is 5.32 Å². The van der Waals surface area contributed by atoms with Gasteiger partial charge in [0.1, 0.15) is 0 Å². The molecule has 1 amide bonds. The minimum Gasteiger partial charge on any atom is -0.321 e. The summed E-state index contributed by atoms with van der Waals surface area (Å²) in [5, 5.41) is 7.66. The molecule has 4 aromatic carbocycles. The van der Waals surface area contributed by atoms with Crippen molar-refractivity contribution in [2.75, 3.05) is 0 Å². The van der Waals surface area contributed by atoms with Crippen molar-refractivity contribution in [1.29, 1.82) is 0 Å². The van der Waals surface area contributed by atoms with Crippen LogP contribution in [0, 0.1) is 6.92 Å². The molecule has 2 nitrogen and oxygen atoms in total. The monoisotopic (exact) mass is 361 g/mol. The Kier molecular flexibility index (Phi) is 3.84. The van der Waals surface area contributed by atoms with Crippen molar-refractivity contribution >= 4 is 39.2 Å². The van der Waals surface area contributed by atoms with Crippen LogP contribution in [-0.4, -0.2) is 5.91 Å². The van der Waals surface area contributed by atoms with Crippen molar-refractivity contribution in [3.63, 3.8) is 0 Å². The molecule has 0 saturated carbocycles. The van der Waals surface area contributed by atoms with Crippen LogP contribution in [0.4, 0.5) is 0 Å². The van der Waals surface area contributed by atoms with Crippen LogP contribution in [-0.2, 0) is 4.79 Å². The summed E-state index contributed by atoms with van der Waals surface area (Å²) in [4.78, 5) is 12.7. The number of rotatable bonds is 2. The first-order valence-corrected chi connectivity index (χ1v) is 9.41. The summed E-state index contributed by atoms with van der Waals surface area (Å²) in [6.45, 7) is 2.06. The lowest BCUT2D eigenvalue weighted by Gasteiger charge is -2.08. The molecular weight excluding hydrogens is 342 g/mol. The molecule has 134 valence electrons. The van der Waals surface area contributed by atoms with E-state index in [2.05, 4.69) is 54.7 Å². The van der Waals surface area contributed by atoms with E-state index in [1.54, 1.807) is 0 Å². The Labute approximate surface area is 163 Å². The van der Waals surface area contributed by atoms with Gasteiger partial charge in [-0.15, -0.1) is 0 Å². The highest BCUT2D eigenvalue weighted by atomic mass is 16.1. The molecule has 0 radical (unpaired) electrons. The third kappa shape index (κ3) is 2.80. The maximum atomic E-state index is 12.7. The maximum Gasteiger partial charge on any atom is 0.255 e. The number of amides is 1. The first-order chi connectivity index (χ1) is 13.7. The number of aryl methyl sites for hydroxylation is 1. The first-order valence-electron chi connectivity index (χ1n) is 9.41. The van der Waals surface area contributed by atoms with Crippen LogP contribution in [0.25, 0.3) is 33.3 Å². The summed E-state index contributed by atoms with van der Waals surface area (Å²) in [6, 6.07) is 27.0. The summed E-state index contributed by atoms with van der Waals surface area (Å²) in [5.74, 6) is -0.0624. The fourth-order valence-electron chi connectivity index (χ4n) is 3.81. The second-order valence-corrected chi connectivity index (χ2v) is 7.21. The zero-order valence-electron chi connectivity index (χ0n) is 15.6. The lowest BCUT2D eigenvalue weighted by atomic mass is 9.95. The standard InChI is InChI=1S/C26H19NO/c1-17-10-12-18(13-11-17)25-16-21(26(28)27-25)15-24-22-8-4-2-6-19(22)14-20-7-3-5-9-23(20)24/h2-16H,1H3,(H,27,28)/b21-15+. The van der Waals surface area contributed by atoms with Gasteiger partial charge in [-0.1, -0.05) is 78.4 Å². The quantitative estimate of drug-likeness (QED) is 0.352.